The van der Waals surface area contributed by atoms with Crippen molar-refractivity contribution in [2.75, 3.05) is 13.6 Å². The third-order valence-corrected chi connectivity index (χ3v) is 3.42. The molecule has 0 saturated carbocycles. The molecule has 0 radical (unpaired) electrons. The molecule has 1 aromatic carbocycles. The number of hydrogen-bond donors (Lipinski definition) is 1. The Bertz CT molecular complexity index is 676. The molecule has 3 aromatic rings. The van der Waals surface area contributed by atoms with Gasteiger partial charge in [-0.3, -0.25) is 9.88 Å². The lowest BCUT2D eigenvalue weighted by molar-refractivity contribution is 0.104. The van der Waals surface area contributed by atoms with Crippen LogP contribution in [-0.2, 0) is 6.54 Å². The minimum absolute atomic E-state index is 0.496. The van der Waals surface area contributed by atoms with E-state index in [2.05, 4.69) is 4.98 Å². The summed E-state index contributed by atoms with van der Waals surface area (Å²) in [4.78, 5) is 6.31. The summed E-state index contributed by atoms with van der Waals surface area (Å²) in [6.07, 6.45) is 1.13. The van der Waals surface area contributed by atoms with Crippen LogP contribution in [0.15, 0.2) is 59.1 Å². The normalized spacial score (nSPS) is 12.9. The lowest BCUT2D eigenvalue weighted by Gasteiger charge is -2.18. The van der Waals surface area contributed by atoms with Crippen LogP contribution in [0, 0.1) is 0 Å². The van der Waals surface area contributed by atoms with Gasteiger partial charge in [-0.15, -0.1) is 0 Å². The van der Waals surface area contributed by atoms with Gasteiger partial charge in [-0.2, -0.15) is 0 Å². The SMILES string of the molecule is CN(Cc1ccccn1)CC(O)c1cc2ccccc2o1. The van der Waals surface area contributed by atoms with Crippen molar-refractivity contribution >= 4 is 11.0 Å². The van der Waals surface area contributed by atoms with Crippen LogP contribution in [0.4, 0.5) is 0 Å². The molecule has 1 N–H and O–H groups in total. The van der Waals surface area contributed by atoms with E-state index in [4.69, 9.17) is 4.42 Å². The fourth-order valence-electron chi connectivity index (χ4n) is 2.38. The number of rotatable bonds is 5. The molecule has 4 heteroatoms. The van der Waals surface area contributed by atoms with E-state index in [-0.39, 0.29) is 0 Å². The quantitative estimate of drug-likeness (QED) is 0.781. The van der Waals surface area contributed by atoms with Crippen LogP contribution in [-0.4, -0.2) is 28.6 Å². The summed E-state index contributed by atoms with van der Waals surface area (Å²) in [5.74, 6) is 0.601. The zero-order valence-electron chi connectivity index (χ0n) is 11.9. The number of nitrogens with zero attached hydrogens (tertiary/aromatic N) is 2. The van der Waals surface area contributed by atoms with Crippen molar-refractivity contribution in [3.05, 3.63) is 66.2 Å². The van der Waals surface area contributed by atoms with Crippen molar-refractivity contribution in [2.45, 2.75) is 12.6 Å². The summed E-state index contributed by atoms with van der Waals surface area (Å²) in [6, 6.07) is 15.5. The fraction of sp³-hybridized carbons (Fsp3) is 0.235. The number of pyridine rings is 1. The second-order valence-electron chi connectivity index (χ2n) is 5.22. The molecule has 0 aliphatic rings. The first-order valence-electron chi connectivity index (χ1n) is 6.97. The van der Waals surface area contributed by atoms with Crippen LogP contribution < -0.4 is 0 Å². The van der Waals surface area contributed by atoms with Crippen molar-refractivity contribution < 1.29 is 9.52 Å². The highest BCUT2D eigenvalue weighted by atomic mass is 16.4. The molecule has 1 atom stereocenters. The maximum atomic E-state index is 10.3. The second-order valence-corrected chi connectivity index (χ2v) is 5.22. The minimum atomic E-state index is -0.647. The van der Waals surface area contributed by atoms with Crippen LogP contribution in [0.25, 0.3) is 11.0 Å². The summed E-state index contributed by atoms with van der Waals surface area (Å²) in [5, 5.41) is 11.3. The number of aliphatic hydroxyl groups excluding tert-OH is 1. The molecule has 0 bridgehead atoms. The molecule has 0 aliphatic heterocycles. The van der Waals surface area contributed by atoms with Gasteiger partial charge >= 0.3 is 0 Å². The first-order chi connectivity index (χ1) is 10.2. The number of aliphatic hydroxyl groups is 1. The molecular weight excluding hydrogens is 264 g/mol. The molecule has 0 saturated heterocycles. The Morgan fingerprint density at radius 1 is 1.19 bits per heavy atom. The number of furan rings is 1. The number of benzene rings is 1. The average molecular weight is 282 g/mol. The Morgan fingerprint density at radius 3 is 2.76 bits per heavy atom. The van der Waals surface area contributed by atoms with E-state index < -0.39 is 6.10 Å². The average Bonchev–Trinajstić information content (AvgIpc) is 2.92. The zero-order chi connectivity index (χ0) is 14.7. The lowest BCUT2D eigenvalue weighted by Crippen LogP contribution is -2.24. The van der Waals surface area contributed by atoms with E-state index in [0.29, 0.717) is 18.8 Å². The first-order valence-corrected chi connectivity index (χ1v) is 6.97. The van der Waals surface area contributed by atoms with Gasteiger partial charge in [-0.05, 0) is 31.3 Å². The van der Waals surface area contributed by atoms with Gasteiger partial charge in [0.05, 0.1) is 5.69 Å². The summed E-state index contributed by atoms with van der Waals surface area (Å²) >= 11 is 0. The predicted molar refractivity (Wildman–Crippen MR) is 81.7 cm³/mol. The molecule has 2 aromatic heterocycles. The van der Waals surface area contributed by atoms with Gasteiger partial charge in [0.15, 0.2) is 0 Å². The molecule has 0 amide bonds. The lowest BCUT2D eigenvalue weighted by atomic mass is 10.2. The highest BCUT2D eigenvalue weighted by molar-refractivity contribution is 5.77. The number of aromatic nitrogens is 1. The van der Waals surface area contributed by atoms with Crippen molar-refractivity contribution in [1.29, 1.82) is 0 Å². The third kappa shape index (κ3) is 3.29. The largest absolute Gasteiger partial charge is 0.458 e. The standard InChI is InChI=1S/C17H18N2O2/c1-19(11-14-7-4-5-9-18-14)12-15(20)17-10-13-6-2-3-8-16(13)21-17/h2-10,15,20H,11-12H2,1H3. The Morgan fingerprint density at radius 2 is 2.00 bits per heavy atom. The minimum Gasteiger partial charge on any atom is -0.458 e. The maximum Gasteiger partial charge on any atom is 0.135 e. The number of likely N-dealkylation sites (N-methyl/N-ethyl adjacent to an activating group) is 1. The van der Waals surface area contributed by atoms with Crippen LogP contribution in [0.1, 0.15) is 17.6 Å². The molecule has 4 nitrogen and oxygen atoms in total. The number of fused-ring (bicyclic) bond motifs is 1. The molecule has 3 rings (SSSR count). The van der Waals surface area contributed by atoms with Crippen LogP contribution in [0.5, 0.6) is 0 Å². The second kappa shape index (κ2) is 6.08. The van der Waals surface area contributed by atoms with Gasteiger partial charge < -0.3 is 9.52 Å². The molecule has 21 heavy (non-hydrogen) atoms. The molecule has 108 valence electrons. The predicted octanol–water partition coefficient (Wildman–Crippen LogP) is 2.99. The molecule has 0 fully saturated rings. The van der Waals surface area contributed by atoms with Gasteiger partial charge in [-0.1, -0.05) is 24.3 Å². The van der Waals surface area contributed by atoms with Gasteiger partial charge in [-0.25, -0.2) is 0 Å². The topological polar surface area (TPSA) is 49.5 Å². The van der Waals surface area contributed by atoms with E-state index in [0.717, 1.165) is 16.7 Å². The van der Waals surface area contributed by atoms with Crippen molar-refractivity contribution in [2.24, 2.45) is 0 Å². The maximum absolute atomic E-state index is 10.3. The van der Waals surface area contributed by atoms with E-state index in [1.54, 1.807) is 6.20 Å². The van der Waals surface area contributed by atoms with Crippen LogP contribution in [0.3, 0.4) is 0 Å². The van der Waals surface area contributed by atoms with Gasteiger partial charge in [0, 0.05) is 24.7 Å². The smallest absolute Gasteiger partial charge is 0.135 e. The Labute approximate surface area is 123 Å². The van der Waals surface area contributed by atoms with Crippen LogP contribution in [0.2, 0.25) is 0 Å². The van der Waals surface area contributed by atoms with Gasteiger partial charge in [0.1, 0.15) is 17.4 Å². The van der Waals surface area contributed by atoms with E-state index in [1.807, 2.05) is 60.5 Å². The van der Waals surface area contributed by atoms with Crippen LogP contribution >= 0.6 is 0 Å². The molecular formula is C17H18N2O2. The van der Waals surface area contributed by atoms with E-state index in [9.17, 15) is 5.11 Å². The van der Waals surface area contributed by atoms with Crippen molar-refractivity contribution in [3.8, 4) is 0 Å². The Kier molecular flexibility index (Phi) is 3.99. The fourth-order valence-corrected chi connectivity index (χ4v) is 2.38. The summed E-state index contributed by atoms with van der Waals surface area (Å²) in [7, 11) is 1.96. The highest BCUT2D eigenvalue weighted by Gasteiger charge is 2.15. The monoisotopic (exact) mass is 282 g/mol. The van der Waals surface area contributed by atoms with Gasteiger partial charge in [0.25, 0.3) is 0 Å². The highest BCUT2D eigenvalue weighted by Crippen LogP contribution is 2.24. The summed E-state index contributed by atoms with van der Waals surface area (Å²) in [5.41, 5.74) is 1.79. The molecule has 0 aliphatic carbocycles. The molecule has 1 unspecified atom stereocenters. The van der Waals surface area contributed by atoms with E-state index >= 15 is 0 Å². The Balaban J connectivity index is 1.66. The van der Waals surface area contributed by atoms with Crippen molar-refractivity contribution in [1.82, 2.24) is 9.88 Å². The van der Waals surface area contributed by atoms with E-state index in [1.165, 1.54) is 0 Å². The number of hydrogen-bond acceptors (Lipinski definition) is 4. The molecule has 2 heterocycles. The zero-order valence-corrected chi connectivity index (χ0v) is 11.9. The first kappa shape index (κ1) is 13.8. The van der Waals surface area contributed by atoms with Gasteiger partial charge in [0.2, 0.25) is 0 Å². The number of para-hydroxylation sites is 1. The molecule has 0 spiro atoms. The Hall–Kier alpha value is -2.17. The summed E-state index contributed by atoms with van der Waals surface area (Å²) in [6.45, 7) is 1.19. The third-order valence-electron chi connectivity index (χ3n) is 3.42. The summed E-state index contributed by atoms with van der Waals surface area (Å²) < 4.78 is 5.69. The van der Waals surface area contributed by atoms with Crippen molar-refractivity contribution in [3.63, 3.8) is 0 Å².